The van der Waals surface area contributed by atoms with Gasteiger partial charge in [-0.1, -0.05) is 17.7 Å². The summed E-state index contributed by atoms with van der Waals surface area (Å²) in [4.78, 5) is 0. The third kappa shape index (κ3) is 2.37. The Bertz CT molecular complexity index is 808. The maximum Gasteiger partial charge on any atom is 0.200 e. The molecule has 0 spiro atoms. The van der Waals surface area contributed by atoms with Gasteiger partial charge < -0.3 is 0 Å². The molecule has 2 aromatic carbocycles. The molecule has 0 saturated carbocycles. The number of halogens is 2. The number of H-pyrrole nitrogens is 1. The molecule has 1 N–H and O–H groups in total. The van der Waals surface area contributed by atoms with Crippen molar-refractivity contribution in [2.75, 3.05) is 0 Å². The standard InChI is InChI=1S/C14H9ClFN3S/c15-10-2-1-3-12(8-10)19-13(17-18-14(19)20)9-4-6-11(16)7-5-9/h1-8H,(H,18,20). The normalized spacial score (nSPS) is 10.7. The molecule has 0 amide bonds. The van der Waals surface area contributed by atoms with E-state index in [1.807, 2.05) is 12.1 Å². The lowest BCUT2D eigenvalue weighted by molar-refractivity contribution is 0.628. The fraction of sp³-hybridized carbons (Fsp3) is 0. The van der Waals surface area contributed by atoms with Gasteiger partial charge in [-0.25, -0.2) is 4.39 Å². The number of nitrogens with zero attached hydrogens (tertiary/aromatic N) is 2. The predicted octanol–water partition coefficient (Wildman–Crippen LogP) is 4.39. The number of nitrogens with one attached hydrogen (secondary N) is 1. The average molecular weight is 306 g/mol. The fourth-order valence-electron chi connectivity index (χ4n) is 1.94. The van der Waals surface area contributed by atoms with E-state index >= 15 is 0 Å². The Morgan fingerprint density at radius 2 is 1.90 bits per heavy atom. The summed E-state index contributed by atoms with van der Waals surface area (Å²) in [5.74, 6) is 0.314. The summed E-state index contributed by atoms with van der Waals surface area (Å²) < 4.78 is 15.2. The Hall–Kier alpha value is -1.98. The van der Waals surface area contributed by atoms with Gasteiger partial charge in [-0.05, 0) is 54.7 Å². The van der Waals surface area contributed by atoms with E-state index in [-0.39, 0.29) is 5.82 Å². The monoisotopic (exact) mass is 305 g/mol. The molecular formula is C14H9ClFN3S. The summed E-state index contributed by atoms with van der Waals surface area (Å²) in [5.41, 5.74) is 1.56. The molecule has 0 aliphatic heterocycles. The number of hydrogen-bond acceptors (Lipinski definition) is 2. The van der Waals surface area contributed by atoms with E-state index in [0.717, 1.165) is 11.3 Å². The molecule has 0 unspecified atom stereocenters. The quantitative estimate of drug-likeness (QED) is 0.712. The lowest BCUT2D eigenvalue weighted by atomic mass is 10.2. The molecule has 0 saturated heterocycles. The summed E-state index contributed by atoms with van der Waals surface area (Å²) in [6.07, 6.45) is 0. The second kappa shape index (κ2) is 5.19. The second-order valence-corrected chi connectivity index (χ2v) is 5.00. The van der Waals surface area contributed by atoms with Crippen molar-refractivity contribution in [1.82, 2.24) is 14.8 Å². The summed E-state index contributed by atoms with van der Waals surface area (Å²) in [7, 11) is 0. The minimum Gasteiger partial charge on any atom is -0.268 e. The predicted molar refractivity (Wildman–Crippen MR) is 79.2 cm³/mol. The maximum atomic E-state index is 13.0. The average Bonchev–Trinajstić information content (AvgIpc) is 2.81. The van der Waals surface area contributed by atoms with Gasteiger partial charge in [0.15, 0.2) is 10.6 Å². The van der Waals surface area contributed by atoms with Crippen molar-refractivity contribution in [3.63, 3.8) is 0 Å². The fourth-order valence-corrected chi connectivity index (χ4v) is 2.37. The highest BCUT2D eigenvalue weighted by Gasteiger charge is 2.11. The number of benzene rings is 2. The molecule has 3 rings (SSSR count). The molecular weight excluding hydrogens is 297 g/mol. The van der Waals surface area contributed by atoms with Crippen molar-refractivity contribution in [3.05, 3.63) is 64.1 Å². The van der Waals surface area contributed by atoms with Crippen molar-refractivity contribution in [2.24, 2.45) is 0 Å². The first-order chi connectivity index (χ1) is 9.65. The van der Waals surface area contributed by atoms with Gasteiger partial charge in [-0.2, -0.15) is 5.10 Å². The summed E-state index contributed by atoms with van der Waals surface area (Å²) in [6.45, 7) is 0. The topological polar surface area (TPSA) is 33.6 Å². The molecule has 100 valence electrons. The van der Waals surface area contributed by atoms with E-state index in [2.05, 4.69) is 10.2 Å². The van der Waals surface area contributed by atoms with E-state index in [1.54, 1.807) is 28.8 Å². The minimum absolute atomic E-state index is 0.294. The molecule has 0 radical (unpaired) electrons. The van der Waals surface area contributed by atoms with Crippen LogP contribution in [0, 0.1) is 10.6 Å². The van der Waals surface area contributed by atoms with Crippen molar-refractivity contribution in [1.29, 1.82) is 0 Å². The lowest BCUT2D eigenvalue weighted by Crippen LogP contribution is -1.97. The number of hydrogen-bond donors (Lipinski definition) is 1. The van der Waals surface area contributed by atoms with E-state index in [0.29, 0.717) is 15.6 Å². The van der Waals surface area contributed by atoms with Crippen LogP contribution in [0.5, 0.6) is 0 Å². The van der Waals surface area contributed by atoms with Gasteiger partial charge in [0.25, 0.3) is 0 Å². The highest BCUT2D eigenvalue weighted by atomic mass is 35.5. The van der Waals surface area contributed by atoms with Gasteiger partial charge in [0.1, 0.15) is 5.82 Å². The van der Waals surface area contributed by atoms with E-state index < -0.39 is 0 Å². The Balaban J connectivity index is 2.20. The van der Waals surface area contributed by atoms with Crippen molar-refractivity contribution >= 4 is 23.8 Å². The first-order valence-electron chi connectivity index (χ1n) is 5.84. The first kappa shape index (κ1) is 13.0. The van der Waals surface area contributed by atoms with Crippen molar-refractivity contribution < 1.29 is 4.39 Å². The summed E-state index contributed by atoms with van der Waals surface area (Å²) in [6, 6.07) is 13.4. The van der Waals surface area contributed by atoms with Crippen LogP contribution in [0.15, 0.2) is 48.5 Å². The van der Waals surface area contributed by atoms with Crippen LogP contribution >= 0.6 is 23.8 Å². The molecule has 20 heavy (non-hydrogen) atoms. The zero-order chi connectivity index (χ0) is 14.1. The second-order valence-electron chi connectivity index (χ2n) is 4.17. The van der Waals surface area contributed by atoms with Crippen LogP contribution < -0.4 is 0 Å². The van der Waals surface area contributed by atoms with Gasteiger partial charge in [-0.15, -0.1) is 0 Å². The molecule has 1 heterocycles. The van der Waals surface area contributed by atoms with Gasteiger partial charge in [0, 0.05) is 10.6 Å². The Morgan fingerprint density at radius 3 is 2.60 bits per heavy atom. The number of aromatic nitrogens is 3. The molecule has 0 aliphatic rings. The zero-order valence-corrected chi connectivity index (χ0v) is 11.7. The SMILES string of the molecule is Fc1ccc(-c2n[nH]c(=S)n2-c2cccc(Cl)c2)cc1. The molecule has 3 nitrogen and oxygen atoms in total. The summed E-state index contributed by atoms with van der Waals surface area (Å²) in [5, 5.41) is 7.56. The van der Waals surface area contributed by atoms with Crippen LogP contribution in [0.3, 0.4) is 0 Å². The first-order valence-corrected chi connectivity index (χ1v) is 6.63. The molecule has 6 heteroatoms. The lowest BCUT2D eigenvalue weighted by Gasteiger charge is -2.07. The van der Waals surface area contributed by atoms with Crippen LogP contribution in [-0.2, 0) is 0 Å². The molecule has 1 aromatic heterocycles. The third-order valence-electron chi connectivity index (χ3n) is 2.84. The van der Waals surface area contributed by atoms with Crippen LogP contribution in [-0.4, -0.2) is 14.8 Å². The van der Waals surface area contributed by atoms with Gasteiger partial charge in [0.2, 0.25) is 0 Å². The molecule has 0 fully saturated rings. The van der Waals surface area contributed by atoms with Crippen LogP contribution in [0.1, 0.15) is 0 Å². The van der Waals surface area contributed by atoms with Gasteiger partial charge in [-0.3, -0.25) is 9.67 Å². The molecule has 3 aromatic rings. The summed E-state index contributed by atoms with van der Waals surface area (Å²) >= 11 is 11.3. The van der Waals surface area contributed by atoms with E-state index in [1.165, 1.54) is 12.1 Å². The maximum absolute atomic E-state index is 13.0. The van der Waals surface area contributed by atoms with Crippen molar-refractivity contribution in [3.8, 4) is 17.1 Å². The smallest absolute Gasteiger partial charge is 0.200 e. The Morgan fingerprint density at radius 1 is 1.15 bits per heavy atom. The Labute approximate surface area is 124 Å². The number of aromatic amines is 1. The highest BCUT2D eigenvalue weighted by Crippen LogP contribution is 2.23. The van der Waals surface area contributed by atoms with Crippen molar-refractivity contribution in [2.45, 2.75) is 0 Å². The number of rotatable bonds is 2. The van der Waals surface area contributed by atoms with Gasteiger partial charge in [0.05, 0.1) is 5.69 Å². The molecule has 0 bridgehead atoms. The minimum atomic E-state index is -0.294. The van der Waals surface area contributed by atoms with Crippen LogP contribution in [0.4, 0.5) is 4.39 Å². The van der Waals surface area contributed by atoms with Crippen LogP contribution in [0.2, 0.25) is 5.02 Å². The van der Waals surface area contributed by atoms with E-state index in [4.69, 9.17) is 23.8 Å². The largest absolute Gasteiger partial charge is 0.268 e. The van der Waals surface area contributed by atoms with Crippen LogP contribution in [0.25, 0.3) is 17.1 Å². The third-order valence-corrected chi connectivity index (χ3v) is 3.35. The highest BCUT2D eigenvalue weighted by molar-refractivity contribution is 7.71. The molecule has 0 aliphatic carbocycles. The Kier molecular flexibility index (Phi) is 3.38. The van der Waals surface area contributed by atoms with E-state index in [9.17, 15) is 4.39 Å². The van der Waals surface area contributed by atoms with Gasteiger partial charge >= 0.3 is 0 Å². The molecule has 0 atom stereocenters. The zero-order valence-electron chi connectivity index (χ0n) is 10.2.